The highest BCUT2D eigenvalue weighted by atomic mass is 32.2. The van der Waals surface area contributed by atoms with E-state index in [1.54, 1.807) is 25.4 Å². The Morgan fingerprint density at radius 1 is 1.17 bits per heavy atom. The maximum Gasteiger partial charge on any atom is 0.207 e. The fraction of sp³-hybridized carbons (Fsp3) is 0.167. The van der Waals surface area contributed by atoms with Crippen molar-refractivity contribution in [3.63, 3.8) is 0 Å². The van der Waals surface area contributed by atoms with Crippen LogP contribution in [-0.2, 0) is 22.3 Å². The standard InChI is InChI=1S/C18H16FNO3S/c1-22-16-7-5-14(6-8-16)17-10-20-18(23-17)12-24(21)11-13-3-2-4-15(19)9-13/h2-10H,11-12H2,1H3/t24-/m0/s1. The van der Waals surface area contributed by atoms with Crippen molar-refractivity contribution >= 4 is 10.8 Å². The van der Waals surface area contributed by atoms with Crippen LogP contribution < -0.4 is 4.74 Å². The number of oxazole rings is 1. The maximum atomic E-state index is 13.2. The lowest BCUT2D eigenvalue weighted by molar-refractivity contribution is 0.415. The van der Waals surface area contributed by atoms with Gasteiger partial charge in [0.25, 0.3) is 0 Å². The monoisotopic (exact) mass is 345 g/mol. The van der Waals surface area contributed by atoms with Crippen LogP contribution in [0, 0.1) is 5.82 Å². The third-order valence-electron chi connectivity index (χ3n) is 3.43. The van der Waals surface area contributed by atoms with E-state index in [0.29, 0.717) is 17.2 Å². The lowest BCUT2D eigenvalue weighted by atomic mass is 10.2. The molecule has 3 aromatic rings. The summed E-state index contributed by atoms with van der Waals surface area (Å²) in [6, 6.07) is 13.5. The molecule has 0 N–H and O–H groups in total. The van der Waals surface area contributed by atoms with Crippen molar-refractivity contribution < 1.29 is 17.8 Å². The molecule has 1 aromatic heterocycles. The number of hydrogen-bond donors (Lipinski definition) is 0. The molecule has 0 aliphatic heterocycles. The van der Waals surface area contributed by atoms with Gasteiger partial charge in [-0.2, -0.15) is 0 Å². The topological polar surface area (TPSA) is 52.3 Å². The lowest BCUT2D eigenvalue weighted by Gasteiger charge is -2.01. The first-order chi connectivity index (χ1) is 11.6. The van der Waals surface area contributed by atoms with Crippen molar-refractivity contribution in [1.82, 2.24) is 4.98 Å². The highest BCUT2D eigenvalue weighted by Gasteiger charge is 2.11. The lowest BCUT2D eigenvalue weighted by Crippen LogP contribution is -2.00. The second kappa shape index (κ2) is 7.40. The van der Waals surface area contributed by atoms with E-state index in [0.717, 1.165) is 11.3 Å². The Morgan fingerprint density at radius 3 is 2.67 bits per heavy atom. The largest absolute Gasteiger partial charge is 0.497 e. The summed E-state index contributed by atoms with van der Waals surface area (Å²) in [6.45, 7) is 0. The van der Waals surface area contributed by atoms with Crippen molar-refractivity contribution in [2.75, 3.05) is 7.11 Å². The number of ether oxygens (including phenoxy) is 1. The van der Waals surface area contributed by atoms with E-state index in [1.165, 1.54) is 12.1 Å². The van der Waals surface area contributed by atoms with Crippen molar-refractivity contribution in [3.05, 3.63) is 72.0 Å². The molecule has 0 fully saturated rings. The molecular weight excluding hydrogens is 329 g/mol. The summed E-state index contributed by atoms with van der Waals surface area (Å²) in [5, 5.41) is 0. The van der Waals surface area contributed by atoms with Crippen molar-refractivity contribution in [3.8, 4) is 17.1 Å². The molecule has 6 heteroatoms. The molecule has 1 heterocycles. The van der Waals surface area contributed by atoms with E-state index in [-0.39, 0.29) is 17.3 Å². The number of hydrogen-bond acceptors (Lipinski definition) is 4. The minimum atomic E-state index is -1.22. The van der Waals surface area contributed by atoms with Gasteiger partial charge in [-0.1, -0.05) is 12.1 Å². The zero-order chi connectivity index (χ0) is 16.9. The Kier molecular flexibility index (Phi) is 5.05. The van der Waals surface area contributed by atoms with Gasteiger partial charge in [0.15, 0.2) is 5.76 Å². The smallest absolute Gasteiger partial charge is 0.207 e. The van der Waals surface area contributed by atoms with Gasteiger partial charge in [0.2, 0.25) is 5.89 Å². The number of methoxy groups -OCH3 is 1. The Bertz CT molecular complexity index is 845. The van der Waals surface area contributed by atoms with Crippen LogP contribution >= 0.6 is 0 Å². The summed E-state index contributed by atoms with van der Waals surface area (Å²) in [5.74, 6) is 1.88. The molecule has 0 aliphatic rings. The summed E-state index contributed by atoms with van der Waals surface area (Å²) in [6.07, 6.45) is 1.61. The molecule has 0 amide bonds. The van der Waals surface area contributed by atoms with Crippen LogP contribution in [0.1, 0.15) is 11.5 Å². The number of halogens is 1. The summed E-state index contributed by atoms with van der Waals surface area (Å²) in [7, 11) is 0.385. The average molecular weight is 345 g/mol. The molecule has 3 rings (SSSR count). The minimum Gasteiger partial charge on any atom is -0.497 e. The van der Waals surface area contributed by atoms with Gasteiger partial charge in [-0.05, 0) is 42.0 Å². The highest BCUT2D eigenvalue weighted by molar-refractivity contribution is 7.83. The van der Waals surface area contributed by atoms with Crippen molar-refractivity contribution in [1.29, 1.82) is 0 Å². The van der Waals surface area contributed by atoms with Gasteiger partial charge in [-0.3, -0.25) is 4.21 Å². The zero-order valence-corrected chi connectivity index (χ0v) is 13.9. The molecule has 0 saturated heterocycles. The van der Waals surface area contributed by atoms with Gasteiger partial charge in [-0.15, -0.1) is 0 Å². The van der Waals surface area contributed by atoms with E-state index in [2.05, 4.69) is 4.98 Å². The number of rotatable bonds is 6. The van der Waals surface area contributed by atoms with E-state index in [4.69, 9.17) is 9.15 Å². The fourth-order valence-corrected chi connectivity index (χ4v) is 3.33. The quantitative estimate of drug-likeness (QED) is 0.679. The van der Waals surface area contributed by atoms with Crippen molar-refractivity contribution in [2.45, 2.75) is 11.5 Å². The van der Waals surface area contributed by atoms with Crippen LogP contribution in [0.15, 0.2) is 59.1 Å². The van der Waals surface area contributed by atoms with E-state index in [9.17, 15) is 8.60 Å². The number of aromatic nitrogens is 1. The van der Waals surface area contributed by atoms with Crippen LogP contribution in [0.25, 0.3) is 11.3 Å². The maximum absolute atomic E-state index is 13.2. The molecule has 0 bridgehead atoms. The Morgan fingerprint density at radius 2 is 1.96 bits per heavy atom. The molecule has 0 saturated carbocycles. The van der Waals surface area contributed by atoms with Crippen LogP contribution in [0.3, 0.4) is 0 Å². The fourth-order valence-electron chi connectivity index (χ4n) is 2.27. The van der Waals surface area contributed by atoms with Crippen LogP contribution in [0.4, 0.5) is 4.39 Å². The first-order valence-corrected chi connectivity index (χ1v) is 8.81. The first kappa shape index (κ1) is 16.4. The van der Waals surface area contributed by atoms with Gasteiger partial charge in [0.05, 0.1) is 13.3 Å². The van der Waals surface area contributed by atoms with Crippen LogP contribution in [-0.4, -0.2) is 16.3 Å². The van der Waals surface area contributed by atoms with Gasteiger partial charge >= 0.3 is 0 Å². The summed E-state index contributed by atoms with van der Waals surface area (Å²) in [4.78, 5) is 4.17. The molecule has 2 aromatic carbocycles. The molecule has 1 atom stereocenters. The second-order valence-corrected chi connectivity index (χ2v) is 6.66. The van der Waals surface area contributed by atoms with Crippen molar-refractivity contribution in [2.24, 2.45) is 0 Å². The predicted octanol–water partition coefficient (Wildman–Crippen LogP) is 3.94. The van der Waals surface area contributed by atoms with Crippen LogP contribution in [0.5, 0.6) is 5.75 Å². The number of nitrogens with zero attached hydrogens (tertiary/aromatic N) is 1. The van der Waals surface area contributed by atoms with Gasteiger partial charge in [-0.25, -0.2) is 9.37 Å². The van der Waals surface area contributed by atoms with E-state index >= 15 is 0 Å². The van der Waals surface area contributed by atoms with Crippen LogP contribution in [0.2, 0.25) is 0 Å². The molecule has 0 aliphatic carbocycles. The third-order valence-corrected chi connectivity index (χ3v) is 4.65. The Hall–Kier alpha value is -2.47. The summed E-state index contributed by atoms with van der Waals surface area (Å²) in [5.41, 5.74) is 1.56. The highest BCUT2D eigenvalue weighted by Crippen LogP contribution is 2.23. The molecule has 24 heavy (non-hydrogen) atoms. The summed E-state index contributed by atoms with van der Waals surface area (Å²) >= 11 is 0. The van der Waals surface area contributed by atoms with Gasteiger partial charge in [0, 0.05) is 22.1 Å². The normalized spacial score (nSPS) is 12.1. The third kappa shape index (κ3) is 4.08. The molecule has 0 spiro atoms. The van der Waals surface area contributed by atoms with Gasteiger partial charge < -0.3 is 9.15 Å². The molecular formula is C18H16FNO3S. The predicted molar refractivity (Wildman–Crippen MR) is 90.4 cm³/mol. The molecule has 124 valence electrons. The number of benzene rings is 2. The van der Waals surface area contributed by atoms with E-state index < -0.39 is 10.8 Å². The molecule has 0 unspecified atom stereocenters. The average Bonchev–Trinajstić information content (AvgIpc) is 3.03. The van der Waals surface area contributed by atoms with E-state index in [1.807, 2.05) is 24.3 Å². The SMILES string of the molecule is COc1ccc(-c2cnc(C[S@@](=O)Cc3cccc(F)c3)o2)cc1. The zero-order valence-electron chi connectivity index (χ0n) is 13.1. The second-order valence-electron chi connectivity index (χ2n) is 5.21. The minimum absolute atomic E-state index is 0.187. The summed E-state index contributed by atoms with van der Waals surface area (Å²) < 4.78 is 36.1. The Balaban J connectivity index is 1.65. The first-order valence-electron chi connectivity index (χ1n) is 7.32. The molecule has 0 radical (unpaired) electrons. The molecule has 4 nitrogen and oxygen atoms in total. The Labute approximate surface area is 141 Å². The van der Waals surface area contributed by atoms with Gasteiger partial charge in [0.1, 0.15) is 17.3 Å².